The van der Waals surface area contributed by atoms with E-state index in [0.717, 1.165) is 17.5 Å². The van der Waals surface area contributed by atoms with E-state index in [0.29, 0.717) is 31.7 Å². The second-order valence-corrected chi connectivity index (χ2v) is 7.42. The minimum absolute atomic E-state index is 0.105. The number of benzene rings is 2. The van der Waals surface area contributed by atoms with E-state index < -0.39 is 11.8 Å². The van der Waals surface area contributed by atoms with Gasteiger partial charge in [0.15, 0.2) is 0 Å². The van der Waals surface area contributed by atoms with E-state index >= 15 is 0 Å². The van der Waals surface area contributed by atoms with Gasteiger partial charge in [-0.15, -0.1) is 0 Å². The molecule has 0 radical (unpaired) electrons. The SMILES string of the molecule is CC[C@H](C)NC(=O)c1ccc(CN2CCN(Cc3ccccc3)C(=O)C2=O)cc1. The van der Waals surface area contributed by atoms with Gasteiger partial charge in [-0.3, -0.25) is 14.4 Å². The molecule has 0 aromatic heterocycles. The lowest BCUT2D eigenvalue weighted by Gasteiger charge is -2.33. The van der Waals surface area contributed by atoms with Gasteiger partial charge < -0.3 is 15.1 Å². The molecule has 3 rings (SSSR count). The van der Waals surface area contributed by atoms with Crippen molar-refractivity contribution in [1.82, 2.24) is 15.1 Å². The van der Waals surface area contributed by atoms with Gasteiger partial charge in [-0.2, -0.15) is 0 Å². The lowest BCUT2D eigenvalue weighted by molar-refractivity contribution is -0.156. The number of hydrogen-bond acceptors (Lipinski definition) is 3. The van der Waals surface area contributed by atoms with Gasteiger partial charge >= 0.3 is 11.8 Å². The number of nitrogens with one attached hydrogen (secondary N) is 1. The van der Waals surface area contributed by atoms with Crippen LogP contribution in [-0.2, 0) is 22.7 Å². The minimum atomic E-state index is -0.481. The maximum atomic E-state index is 12.5. The highest BCUT2D eigenvalue weighted by molar-refractivity contribution is 6.35. The average molecular weight is 393 g/mol. The van der Waals surface area contributed by atoms with Crippen LogP contribution in [0, 0.1) is 0 Å². The number of amides is 3. The van der Waals surface area contributed by atoms with Crippen molar-refractivity contribution in [2.24, 2.45) is 0 Å². The Kier molecular flexibility index (Phi) is 6.65. The van der Waals surface area contributed by atoms with Crippen LogP contribution in [0.3, 0.4) is 0 Å². The third-order valence-corrected chi connectivity index (χ3v) is 5.19. The van der Waals surface area contributed by atoms with Gasteiger partial charge in [0.25, 0.3) is 5.91 Å². The second kappa shape index (κ2) is 9.37. The molecule has 1 N–H and O–H groups in total. The Balaban J connectivity index is 1.58. The predicted molar refractivity (Wildman–Crippen MR) is 111 cm³/mol. The first-order chi connectivity index (χ1) is 14.0. The van der Waals surface area contributed by atoms with Crippen molar-refractivity contribution in [3.05, 3.63) is 71.3 Å². The Morgan fingerprint density at radius 1 is 0.897 bits per heavy atom. The van der Waals surface area contributed by atoms with Crippen molar-refractivity contribution in [2.75, 3.05) is 13.1 Å². The van der Waals surface area contributed by atoms with Crippen molar-refractivity contribution >= 4 is 17.7 Å². The van der Waals surface area contributed by atoms with Crippen LogP contribution < -0.4 is 5.32 Å². The predicted octanol–water partition coefficient (Wildman–Crippen LogP) is 2.59. The zero-order valence-corrected chi connectivity index (χ0v) is 16.9. The molecule has 0 saturated carbocycles. The normalized spacial score (nSPS) is 15.4. The van der Waals surface area contributed by atoms with Gasteiger partial charge in [0.2, 0.25) is 0 Å². The van der Waals surface area contributed by atoms with E-state index in [1.165, 1.54) is 0 Å². The third-order valence-electron chi connectivity index (χ3n) is 5.19. The molecule has 1 fully saturated rings. The quantitative estimate of drug-likeness (QED) is 0.735. The number of carbonyl (C=O) groups excluding carboxylic acids is 3. The Bertz CT molecular complexity index is 865. The molecule has 0 unspecified atom stereocenters. The highest BCUT2D eigenvalue weighted by Gasteiger charge is 2.32. The summed E-state index contributed by atoms with van der Waals surface area (Å²) in [5.74, 6) is -1.05. The van der Waals surface area contributed by atoms with Crippen molar-refractivity contribution in [3.63, 3.8) is 0 Å². The van der Waals surface area contributed by atoms with E-state index in [1.807, 2.05) is 56.3 Å². The van der Waals surface area contributed by atoms with Crippen LogP contribution in [0.4, 0.5) is 0 Å². The van der Waals surface area contributed by atoms with E-state index in [1.54, 1.807) is 21.9 Å². The smallest absolute Gasteiger partial charge is 0.312 e. The summed E-state index contributed by atoms with van der Waals surface area (Å²) in [7, 11) is 0. The molecule has 0 bridgehead atoms. The summed E-state index contributed by atoms with van der Waals surface area (Å²) >= 11 is 0. The second-order valence-electron chi connectivity index (χ2n) is 7.42. The van der Waals surface area contributed by atoms with Gasteiger partial charge in [-0.25, -0.2) is 0 Å². The van der Waals surface area contributed by atoms with Crippen LogP contribution in [0.2, 0.25) is 0 Å². The highest BCUT2D eigenvalue weighted by atomic mass is 16.2. The molecule has 1 saturated heterocycles. The van der Waals surface area contributed by atoms with Crippen LogP contribution in [0.1, 0.15) is 41.8 Å². The molecule has 29 heavy (non-hydrogen) atoms. The molecular weight excluding hydrogens is 366 g/mol. The number of carbonyl (C=O) groups is 3. The first-order valence-corrected chi connectivity index (χ1v) is 10.00. The summed E-state index contributed by atoms with van der Waals surface area (Å²) in [5, 5.41) is 2.93. The number of piperazine rings is 1. The van der Waals surface area contributed by atoms with Crippen molar-refractivity contribution < 1.29 is 14.4 Å². The Morgan fingerprint density at radius 2 is 1.41 bits per heavy atom. The molecule has 6 nitrogen and oxygen atoms in total. The van der Waals surface area contributed by atoms with E-state index in [2.05, 4.69) is 5.32 Å². The topological polar surface area (TPSA) is 69.7 Å². The monoisotopic (exact) mass is 393 g/mol. The van der Waals surface area contributed by atoms with Crippen LogP contribution in [0.5, 0.6) is 0 Å². The van der Waals surface area contributed by atoms with Crippen molar-refractivity contribution in [1.29, 1.82) is 0 Å². The largest absolute Gasteiger partial charge is 0.350 e. The first-order valence-electron chi connectivity index (χ1n) is 10.00. The van der Waals surface area contributed by atoms with Gasteiger partial charge in [0, 0.05) is 37.8 Å². The number of rotatable bonds is 7. The molecule has 1 heterocycles. The summed E-state index contributed by atoms with van der Waals surface area (Å²) in [5.41, 5.74) is 2.49. The molecule has 1 atom stereocenters. The van der Waals surface area contributed by atoms with Crippen molar-refractivity contribution in [3.8, 4) is 0 Å². The first kappa shape index (κ1) is 20.6. The van der Waals surface area contributed by atoms with Gasteiger partial charge in [0.1, 0.15) is 0 Å². The van der Waals surface area contributed by atoms with E-state index in [4.69, 9.17) is 0 Å². The minimum Gasteiger partial charge on any atom is -0.350 e. The Morgan fingerprint density at radius 3 is 1.93 bits per heavy atom. The maximum absolute atomic E-state index is 12.5. The molecule has 1 aliphatic rings. The summed E-state index contributed by atoms with van der Waals surface area (Å²) in [4.78, 5) is 40.3. The zero-order chi connectivity index (χ0) is 20.8. The third kappa shape index (κ3) is 5.22. The van der Waals surface area contributed by atoms with Gasteiger partial charge in [-0.05, 0) is 36.6 Å². The van der Waals surface area contributed by atoms with E-state index in [9.17, 15) is 14.4 Å². The number of hydrogen-bond donors (Lipinski definition) is 1. The van der Waals surface area contributed by atoms with Gasteiger partial charge in [0.05, 0.1) is 0 Å². The Hall–Kier alpha value is -3.15. The maximum Gasteiger partial charge on any atom is 0.312 e. The van der Waals surface area contributed by atoms with Crippen LogP contribution >= 0.6 is 0 Å². The summed E-state index contributed by atoms with van der Waals surface area (Å²) in [6, 6.07) is 17.0. The van der Waals surface area contributed by atoms with E-state index in [-0.39, 0.29) is 11.9 Å². The lowest BCUT2D eigenvalue weighted by Crippen LogP contribution is -2.53. The zero-order valence-electron chi connectivity index (χ0n) is 16.9. The van der Waals surface area contributed by atoms with Crippen LogP contribution in [-0.4, -0.2) is 46.7 Å². The molecule has 6 heteroatoms. The fourth-order valence-corrected chi connectivity index (χ4v) is 3.21. The molecule has 0 spiro atoms. The molecule has 2 aromatic rings. The lowest BCUT2D eigenvalue weighted by atomic mass is 10.1. The van der Waals surface area contributed by atoms with Crippen LogP contribution in [0.15, 0.2) is 54.6 Å². The van der Waals surface area contributed by atoms with Crippen LogP contribution in [0.25, 0.3) is 0 Å². The molecule has 152 valence electrons. The highest BCUT2D eigenvalue weighted by Crippen LogP contribution is 2.14. The fourth-order valence-electron chi connectivity index (χ4n) is 3.21. The average Bonchev–Trinajstić information content (AvgIpc) is 2.74. The molecule has 1 aliphatic heterocycles. The molecular formula is C23H27N3O3. The fraction of sp³-hybridized carbons (Fsp3) is 0.348. The number of nitrogens with zero attached hydrogens (tertiary/aromatic N) is 2. The van der Waals surface area contributed by atoms with Crippen molar-refractivity contribution in [2.45, 2.75) is 39.4 Å². The summed E-state index contributed by atoms with van der Waals surface area (Å²) < 4.78 is 0. The molecule has 2 aromatic carbocycles. The summed E-state index contributed by atoms with van der Waals surface area (Å²) in [6.07, 6.45) is 0.871. The molecule has 0 aliphatic carbocycles. The Labute approximate surface area is 171 Å². The standard InChI is InChI=1S/C23H27N3O3/c1-3-17(2)24-21(27)20-11-9-19(10-12-20)16-26-14-13-25(22(28)23(26)29)15-18-7-5-4-6-8-18/h4-12,17H,3,13-16H2,1-2H3,(H,24,27)/t17-/m0/s1. The summed E-state index contributed by atoms with van der Waals surface area (Å²) in [6.45, 7) is 5.79. The molecule has 3 amide bonds. The van der Waals surface area contributed by atoms with Gasteiger partial charge in [-0.1, -0.05) is 49.4 Å².